The lowest BCUT2D eigenvalue weighted by molar-refractivity contribution is -0.128. The van der Waals surface area contributed by atoms with Crippen molar-refractivity contribution in [3.63, 3.8) is 0 Å². The highest BCUT2D eigenvalue weighted by atomic mass is 19.1. The van der Waals surface area contributed by atoms with E-state index in [1.807, 2.05) is 25.1 Å². The van der Waals surface area contributed by atoms with Crippen molar-refractivity contribution in [3.05, 3.63) is 53.8 Å². The van der Waals surface area contributed by atoms with Crippen molar-refractivity contribution in [2.24, 2.45) is 0 Å². The molecule has 1 aliphatic rings. The number of hydrogen-bond donors (Lipinski definition) is 2. The number of ether oxygens (including phenoxy) is 1. The van der Waals surface area contributed by atoms with Gasteiger partial charge in [0.05, 0.1) is 24.5 Å². The summed E-state index contributed by atoms with van der Waals surface area (Å²) in [6.07, 6.45) is 0.105. The number of carbonyl (C=O) groups excluding carboxylic acids is 2. The van der Waals surface area contributed by atoms with Gasteiger partial charge in [-0.3, -0.25) is 9.59 Å². The molecule has 0 fully saturated rings. The summed E-state index contributed by atoms with van der Waals surface area (Å²) in [4.78, 5) is 26.6. The van der Waals surface area contributed by atoms with Crippen LogP contribution >= 0.6 is 0 Å². The molecule has 2 amide bonds. The second kappa shape index (κ2) is 8.73. The van der Waals surface area contributed by atoms with Gasteiger partial charge in [-0.05, 0) is 43.2 Å². The highest BCUT2D eigenvalue weighted by Gasteiger charge is 2.31. The first-order chi connectivity index (χ1) is 13.5. The molecule has 6 nitrogen and oxygen atoms in total. The van der Waals surface area contributed by atoms with Gasteiger partial charge in [0.25, 0.3) is 5.91 Å². The summed E-state index contributed by atoms with van der Waals surface area (Å²) in [7, 11) is 0. The summed E-state index contributed by atoms with van der Waals surface area (Å²) in [6, 6.07) is 11.9. The Labute approximate surface area is 163 Å². The summed E-state index contributed by atoms with van der Waals surface area (Å²) < 4.78 is 19.8. The van der Waals surface area contributed by atoms with E-state index in [0.29, 0.717) is 12.3 Å². The third kappa shape index (κ3) is 4.60. The predicted molar refractivity (Wildman–Crippen MR) is 106 cm³/mol. The Hall–Kier alpha value is -3.09. The van der Waals surface area contributed by atoms with Crippen LogP contribution in [0, 0.1) is 12.7 Å². The quantitative estimate of drug-likeness (QED) is 0.802. The first kappa shape index (κ1) is 19.7. The van der Waals surface area contributed by atoms with Crippen molar-refractivity contribution in [2.75, 3.05) is 29.9 Å². The van der Waals surface area contributed by atoms with Crippen molar-refractivity contribution in [3.8, 4) is 5.75 Å². The second-order valence-electron chi connectivity index (χ2n) is 6.78. The number of aryl methyl sites for hydroxylation is 1. The molecule has 0 aromatic heterocycles. The van der Waals surface area contributed by atoms with Crippen LogP contribution in [0.2, 0.25) is 0 Å². The number of para-hydroxylation sites is 2. The minimum absolute atomic E-state index is 0.0226. The lowest BCUT2D eigenvalue weighted by Gasteiger charge is -2.35. The van der Waals surface area contributed by atoms with Gasteiger partial charge in [-0.15, -0.1) is 0 Å². The number of amides is 2. The minimum Gasteiger partial charge on any atom is -0.477 e. The smallest absolute Gasteiger partial charge is 0.262 e. The number of hydrogen-bond acceptors (Lipinski definition) is 4. The average Bonchev–Trinajstić information content (AvgIpc) is 2.68. The third-order valence-electron chi connectivity index (χ3n) is 4.44. The zero-order valence-electron chi connectivity index (χ0n) is 16.0. The molecule has 1 heterocycles. The number of anilines is 2. The van der Waals surface area contributed by atoms with E-state index in [2.05, 4.69) is 10.6 Å². The Morgan fingerprint density at radius 1 is 1.25 bits per heavy atom. The van der Waals surface area contributed by atoms with Gasteiger partial charge in [0.15, 0.2) is 6.10 Å². The number of rotatable bonds is 6. The minimum atomic E-state index is -0.717. The van der Waals surface area contributed by atoms with Crippen LogP contribution in [-0.2, 0) is 9.59 Å². The molecule has 2 aromatic carbocycles. The zero-order chi connectivity index (χ0) is 20.1. The van der Waals surface area contributed by atoms with E-state index in [-0.39, 0.29) is 30.6 Å². The van der Waals surface area contributed by atoms with Crippen LogP contribution in [0.15, 0.2) is 42.5 Å². The van der Waals surface area contributed by atoms with Crippen LogP contribution in [0.3, 0.4) is 0 Å². The molecule has 1 atom stereocenters. The maximum Gasteiger partial charge on any atom is 0.262 e. The zero-order valence-corrected chi connectivity index (χ0v) is 16.0. The largest absolute Gasteiger partial charge is 0.477 e. The molecule has 1 aliphatic heterocycles. The van der Waals surface area contributed by atoms with E-state index in [4.69, 9.17) is 4.74 Å². The standard InChI is InChI=1S/C21H24FN3O3/c1-3-10-23-21(27)19-12-25(17-6-4-5-7-18(17)28-19)13-20(26)24-16-9-8-14(2)11-15(16)22/h4-9,11,19H,3,10,12-13H2,1-2H3,(H,23,27)(H,24,26)/t19-/m0/s1. The van der Waals surface area contributed by atoms with Crippen molar-refractivity contribution < 1.29 is 18.7 Å². The molecule has 3 rings (SSSR count). The van der Waals surface area contributed by atoms with Crippen LogP contribution in [-0.4, -0.2) is 37.6 Å². The SMILES string of the molecule is CCCNC(=O)[C@@H]1CN(CC(=O)Nc2ccc(C)cc2F)c2ccccc2O1. The third-order valence-corrected chi connectivity index (χ3v) is 4.44. The maximum atomic E-state index is 14.0. The molecule has 0 bridgehead atoms. The van der Waals surface area contributed by atoms with Crippen LogP contribution in [0.5, 0.6) is 5.75 Å². The van der Waals surface area contributed by atoms with Crippen LogP contribution in [0.4, 0.5) is 15.8 Å². The van der Waals surface area contributed by atoms with Gasteiger partial charge in [0, 0.05) is 6.54 Å². The molecule has 2 aromatic rings. The Balaban J connectivity index is 1.73. The molecule has 0 aliphatic carbocycles. The maximum absolute atomic E-state index is 14.0. The van der Waals surface area contributed by atoms with E-state index >= 15 is 0 Å². The molecular weight excluding hydrogens is 361 g/mol. The number of halogens is 1. The lowest BCUT2D eigenvalue weighted by atomic mass is 10.1. The van der Waals surface area contributed by atoms with Gasteiger partial charge in [0.2, 0.25) is 5.91 Å². The van der Waals surface area contributed by atoms with E-state index in [0.717, 1.165) is 17.7 Å². The fourth-order valence-corrected chi connectivity index (χ4v) is 3.04. The van der Waals surface area contributed by atoms with Gasteiger partial charge < -0.3 is 20.3 Å². The van der Waals surface area contributed by atoms with E-state index in [9.17, 15) is 14.0 Å². The van der Waals surface area contributed by atoms with Gasteiger partial charge in [-0.1, -0.05) is 25.1 Å². The molecule has 2 N–H and O–H groups in total. The van der Waals surface area contributed by atoms with E-state index in [1.54, 1.807) is 24.0 Å². The Morgan fingerprint density at radius 2 is 2.04 bits per heavy atom. The molecule has 0 spiro atoms. The molecule has 7 heteroatoms. The molecule has 0 radical (unpaired) electrons. The predicted octanol–water partition coefficient (Wildman–Crippen LogP) is 2.87. The fraction of sp³-hybridized carbons (Fsp3) is 0.333. The molecule has 0 saturated heterocycles. The lowest BCUT2D eigenvalue weighted by Crippen LogP contribution is -2.50. The summed E-state index contributed by atoms with van der Waals surface area (Å²) in [5.74, 6) is -0.522. The van der Waals surface area contributed by atoms with Crippen LogP contribution in [0.1, 0.15) is 18.9 Å². The molecule has 148 valence electrons. The number of nitrogens with one attached hydrogen (secondary N) is 2. The van der Waals surface area contributed by atoms with Crippen LogP contribution < -0.4 is 20.3 Å². The Morgan fingerprint density at radius 3 is 2.79 bits per heavy atom. The van der Waals surface area contributed by atoms with Crippen molar-refractivity contribution in [1.82, 2.24) is 5.32 Å². The summed E-state index contributed by atoms with van der Waals surface area (Å²) in [6.45, 7) is 4.52. The fourth-order valence-electron chi connectivity index (χ4n) is 3.04. The summed E-state index contributed by atoms with van der Waals surface area (Å²) in [5.41, 5.74) is 1.63. The number of benzene rings is 2. The van der Waals surface area contributed by atoms with Gasteiger partial charge in [-0.25, -0.2) is 4.39 Å². The first-order valence-corrected chi connectivity index (χ1v) is 9.32. The van der Waals surface area contributed by atoms with E-state index < -0.39 is 11.9 Å². The highest BCUT2D eigenvalue weighted by molar-refractivity contribution is 5.95. The summed E-state index contributed by atoms with van der Waals surface area (Å²) >= 11 is 0. The average molecular weight is 385 g/mol. The van der Waals surface area contributed by atoms with Crippen LogP contribution in [0.25, 0.3) is 0 Å². The van der Waals surface area contributed by atoms with E-state index in [1.165, 1.54) is 12.1 Å². The first-order valence-electron chi connectivity index (χ1n) is 9.32. The van der Waals surface area contributed by atoms with Gasteiger partial charge in [0.1, 0.15) is 11.6 Å². The van der Waals surface area contributed by atoms with Crippen molar-refractivity contribution in [2.45, 2.75) is 26.4 Å². The van der Waals surface area contributed by atoms with Crippen molar-refractivity contribution >= 4 is 23.2 Å². The van der Waals surface area contributed by atoms with Gasteiger partial charge >= 0.3 is 0 Å². The van der Waals surface area contributed by atoms with Crippen molar-refractivity contribution in [1.29, 1.82) is 0 Å². The topological polar surface area (TPSA) is 70.7 Å². The highest BCUT2D eigenvalue weighted by Crippen LogP contribution is 2.33. The second-order valence-corrected chi connectivity index (χ2v) is 6.78. The number of carbonyl (C=O) groups is 2. The summed E-state index contributed by atoms with van der Waals surface area (Å²) in [5, 5.41) is 5.42. The molecular formula is C21H24FN3O3. The Bertz CT molecular complexity index is 872. The molecule has 28 heavy (non-hydrogen) atoms. The Kier molecular flexibility index (Phi) is 6.13. The number of fused-ring (bicyclic) bond motifs is 1. The molecule has 0 unspecified atom stereocenters. The molecule has 0 saturated carbocycles. The van der Waals surface area contributed by atoms with Gasteiger partial charge in [-0.2, -0.15) is 0 Å². The number of nitrogens with zero attached hydrogens (tertiary/aromatic N) is 1. The normalized spacial score (nSPS) is 15.4. The monoisotopic (exact) mass is 385 g/mol.